The van der Waals surface area contributed by atoms with Gasteiger partial charge in [0.25, 0.3) is 0 Å². The van der Waals surface area contributed by atoms with Crippen LogP contribution < -0.4 is 5.32 Å². The van der Waals surface area contributed by atoms with Crippen molar-refractivity contribution in [2.75, 3.05) is 0 Å². The van der Waals surface area contributed by atoms with Gasteiger partial charge >= 0.3 is 6.09 Å². The Hall–Kier alpha value is -1.58. The summed E-state index contributed by atoms with van der Waals surface area (Å²) in [6, 6.07) is 5.86. The van der Waals surface area contributed by atoms with Gasteiger partial charge in [-0.2, -0.15) is 0 Å². The molecule has 1 amide bonds. The largest absolute Gasteiger partial charge is 0.465 e. The van der Waals surface area contributed by atoms with Crippen molar-refractivity contribution >= 4 is 6.09 Å². The molecule has 4 heteroatoms. The summed E-state index contributed by atoms with van der Waals surface area (Å²) in [6.07, 6.45) is 7.95. The Morgan fingerprint density at radius 1 is 1.22 bits per heavy atom. The van der Waals surface area contributed by atoms with Gasteiger partial charge < -0.3 is 10.4 Å². The molecule has 2 N–H and O–H groups in total. The first-order valence-electron chi connectivity index (χ1n) is 6.55. The number of nitrogens with one attached hydrogen (secondary N) is 1. The van der Waals surface area contributed by atoms with Crippen molar-refractivity contribution in [3.05, 3.63) is 30.6 Å². The molecule has 4 nitrogen and oxygen atoms in total. The number of hydrogen-bond acceptors (Lipinski definition) is 2. The molecule has 0 fully saturated rings. The summed E-state index contributed by atoms with van der Waals surface area (Å²) in [5, 5.41) is 11.0. The van der Waals surface area contributed by atoms with Crippen LogP contribution in [0.3, 0.4) is 0 Å². The van der Waals surface area contributed by atoms with E-state index in [4.69, 9.17) is 5.11 Å². The van der Waals surface area contributed by atoms with Crippen LogP contribution in [0.25, 0.3) is 0 Å². The van der Waals surface area contributed by atoms with Crippen LogP contribution in [-0.4, -0.2) is 22.2 Å². The van der Waals surface area contributed by atoms with Crippen LogP contribution in [0.4, 0.5) is 4.79 Å². The van der Waals surface area contributed by atoms with Gasteiger partial charge in [0.1, 0.15) is 0 Å². The minimum Gasteiger partial charge on any atom is -0.465 e. The molecule has 0 spiro atoms. The standard InChI is InChI=1S/C9H19NO2.C5H5N/c1-3-5-6-7-8(4-2)10-9(11)12;1-2-4-6-5-3-1/h8,10H,3-7H2,1-2H3,(H,11,12);1-5H. The van der Waals surface area contributed by atoms with Gasteiger partial charge in [-0.25, -0.2) is 4.79 Å². The zero-order chi connectivity index (χ0) is 13.6. The second-order valence-electron chi connectivity index (χ2n) is 4.08. The van der Waals surface area contributed by atoms with E-state index in [-0.39, 0.29) is 6.04 Å². The first-order valence-corrected chi connectivity index (χ1v) is 6.55. The molecule has 0 radical (unpaired) electrons. The molecule has 0 saturated heterocycles. The maximum atomic E-state index is 10.3. The predicted octanol–water partition coefficient (Wildman–Crippen LogP) is 3.69. The zero-order valence-corrected chi connectivity index (χ0v) is 11.3. The Balaban J connectivity index is 0.000000397. The summed E-state index contributed by atoms with van der Waals surface area (Å²) in [5.41, 5.74) is 0. The normalized spacial score (nSPS) is 11.0. The molecule has 1 aromatic heterocycles. The minimum absolute atomic E-state index is 0.147. The Bertz CT molecular complexity index is 264. The highest BCUT2D eigenvalue weighted by Gasteiger charge is 2.07. The number of carbonyl (C=O) groups is 1. The van der Waals surface area contributed by atoms with Crippen LogP contribution in [-0.2, 0) is 0 Å². The molecule has 1 heterocycles. The second kappa shape index (κ2) is 11.9. The number of rotatable bonds is 6. The zero-order valence-electron chi connectivity index (χ0n) is 11.3. The number of hydrogen-bond donors (Lipinski definition) is 2. The van der Waals surface area contributed by atoms with Crippen LogP contribution in [0.15, 0.2) is 30.6 Å². The molecule has 1 unspecified atom stereocenters. The number of pyridine rings is 1. The highest BCUT2D eigenvalue weighted by Crippen LogP contribution is 2.05. The fourth-order valence-electron chi connectivity index (χ4n) is 1.51. The Kier molecular flexibility index (Phi) is 10.8. The third-order valence-corrected chi connectivity index (χ3v) is 2.54. The third kappa shape index (κ3) is 10.9. The quantitative estimate of drug-likeness (QED) is 0.759. The van der Waals surface area contributed by atoms with Gasteiger partial charge in [-0.3, -0.25) is 4.98 Å². The Morgan fingerprint density at radius 3 is 2.22 bits per heavy atom. The van der Waals surface area contributed by atoms with Crippen molar-refractivity contribution in [2.45, 2.75) is 52.0 Å². The van der Waals surface area contributed by atoms with Gasteiger partial charge in [0.15, 0.2) is 0 Å². The fourth-order valence-corrected chi connectivity index (χ4v) is 1.51. The van der Waals surface area contributed by atoms with Crippen molar-refractivity contribution in [3.63, 3.8) is 0 Å². The molecule has 0 aliphatic rings. The van der Waals surface area contributed by atoms with E-state index in [0.29, 0.717) is 0 Å². The molecule has 0 aliphatic heterocycles. The number of nitrogens with zero attached hydrogens (tertiary/aromatic N) is 1. The van der Waals surface area contributed by atoms with Crippen molar-refractivity contribution in [3.8, 4) is 0 Å². The summed E-state index contributed by atoms with van der Waals surface area (Å²) in [4.78, 5) is 14.1. The van der Waals surface area contributed by atoms with Crippen molar-refractivity contribution in [1.29, 1.82) is 0 Å². The number of aromatic nitrogens is 1. The monoisotopic (exact) mass is 252 g/mol. The maximum Gasteiger partial charge on any atom is 0.404 e. The minimum atomic E-state index is -0.904. The topological polar surface area (TPSA) is 62.2 Å². The Labute approximate surface area is 109 Å². The van der Waals surface area contributed by atoms with Gasteiger partial charge in [-0.1, -0.05) is 39.2 Å². The van der Waals surface area contributed by atoms with Crippen molar-refractivity contribution < 1.29 is 9.90 Å². The first kappa shape index (κ1) is 16.4. The lowest BCUT2D eigenvalue weighted by Crippen LogP contribution is -2.32. The molecule has 0 saturated carbocycles. The average Bonchev–Trinajstić information content (AvgIpc) is 2.40. The van der Waals surface area contributed by atoms with E-state index in [1.807, 2.05) is 25.1 Å². The summed E-state index contributed by atoms with van der Waals surface area (Å²) in [5.74, 6) is 0. The Morgan fingerprint density at radius 2 is 1.89 bits per heavy atom. The van der Waals surface area contributed by atoms with Crippen LogP contribution >= 0.6 is 0 Å². The second-order valence-corrected chi connectivity index (χ2v) is 4.08. The molecular weight excluding hydrogens is 228 g/mol. The highest BCUT2D eigenvalue weighted by molar-refractivity contribution is 5.64. The van der Waals surface area contributed by atoms with Gasteiger partial charge in [0, 0.05) is 18.4 Å². The summed E-state index contributed by atoms with van der Waals surface area (Å²) in [7, 11) is 0. The lowest BCUT2D eigenvalue weighted by molar-refractivity contribution is 0.188. The highest BCUT2D eigenvalue weighted by atomic mass is 16.4. The lowest BCUT2D eigenvalue weighted by Gasteiger charge is -2.13. The van der Waals surface area contributed by atoms with Gasteiger partial charge in [0.05, 0.1) is 0 Å². The number of amides is 1. The van der Waals surface area contributed by atoms with E-state index in [1.165, 1.54) is 12.8 Å². The average molecular weight is 252 g/mol. The van der Waals surface area contributed by atoms with E-state index >= 15 is 0 Å². The van der Waals surface area contributed by atoms with Gasteiger partial charge in [-0.15, -0.1) is 0 Å². The maximum absolute atomic E-state index is 10.3. The van der Waals surface area contributed by atoms with Crippen LogP contribution in [0.1, 0.15) is 46.0 Å². The van der Waals surface area contributed by atoms with E-state index < -0.39 is 6.09 Å². The smallest absolute Gasteiger partial charge is 0.404 e. The van der Waals surface area contributed by atoms with E-state index in [1.54, 1.807) is 12.4 Å². The molecule has 18 heavy (non-hydrogen) atoms. The van der Waals surface area contributed by atoms with E-state index in [0.717, 1.165) is 19.3 Å². The molecule has 0 aromatic carbocycles. The fraction of sp³-hybridized carbons (Fsp3) is 0.571. The number of carboxylic acid groups (broad SMARTS) is 1. The number of unbranched alkanes of at least 4 members (excludes halogenated alkanes) is 2. The molecule has 1 rings (SSSR count). The summed E-state index contributed by atoms with van der Waals surface area (Å²) in [6.45, 7) is 4.15. The third-order valence-electron chi connectivity index (χ3n) is 2.54. The molecule has 102 valence electrons. The SMILES string of the molecule is CCCCCC(CC)NC(=O)O.c1ccncc1. The lowest BCUT2D eigenvalue weighted by atomic mass is 10.1. The van der Waals surface area contributed by atoms with E-state index in [9.17, 15) is 4.79 Å². The van der Waals surface area contributed by atoms with Crippen molar-refractivity contribution in [2.24, 2.45) is 0 Å². The van der Waals surface area contributed by atoms with E-state index in [2.05, 4.69) is 17.2 Å². The summed E-state index contributed by atoms with van der Waals surface area (Å²) < 4.78 is 0. The van der Waals surface area contributed by atoms with Crippen LogP contribution in [0.5, 0.6) is 0 Å². The predicted molar refractivity (Wildman–Crippen MR) is 73.6 cm³/mol. The van der Waals surface area contributed by atoms with Crippen LogP contribution in [0, 0.1) is 0 Å². The van der Waals surface area contributed by atoms with Gasteiger partial charge in [-0.05, 0) is 25.0 Å². The summed E-state index contributed by atoms with van der Waals surface area (Å²) >= 11 is 0. The molecule has 1 aromatic rings. The molecule has 0 bridgehead atoms. The van der Waals surface area contributed by atoms with Crippen molar-refractivity contribution in [1.82, 2.24) is 10.3 Å². The first-order chi connectivity index (χ1) is 8.70. The molecular formula is C14H24N2O2. The molecule has 1 atom stereocenters. The molecule has 0 aliphatic carbocycles. The van der Waals surface area contributed by atoms with Gasteiger partial charge in [0.2, 0.25) is 0 Å². The van der Waals surface area contributed by atoms with Crippen LogP contribution in [0.2, 0.25) is 0 Å².